The van der Waals surface area contributed by atoms with Gasteiger partial charge in [0.1, 0.15) is 0 Å². The first-order valence-corrected chi connectivity index (χ1v) is 8.03. The van der Waals surface area contributed by atoms with Crippen molar-refractivity contribution < 1.29 is 4.74 Å². The minimum absolute atomic E-state index is 0.543. The normalized spacial score (nSPS) is 15.2. The number of thioether (sulfide) groups is 1. The fourth-order valence-electron chi connectivity index (χ4n) is 1.48. The summed E-state index contributed by atoms with van der Waals surface area (Å²) in [6.07, 6.45) is 3.79. The SMILES string of the molecule is CCC(CCC(C)CSCS)COCS. The van der Waals surface area contributed by atoms with Crippen molar-refractivity contribution in [3.05, 3.63) is 0 Å². The maximum absolute atomic E-state index is 5.35. The molecule has 2 atom stereocenters. The molecule has 1 nitrogen and oxygen atoms in total. The zero-order valence-corrected chi connectivity index (χ0v) is 12.4. The highest BCUT2D eigenvalue weighted by atomic mass is 32.2. The molecular formula is C11H24OS3. The Morgan fingerprint density at radius 1 is 1.27 bits per heavy atom. The monoisotopic (exact) mass is 268 g/mol. The molecule has 0 rings (SSSR count). The molecule has 0 radical (unpaired) electrons. The number of hydrogen-bond acceptors (Lipinski definition) is 4. The Hall–Kier alpha value is 1.01. The highest BCUT2D eigenvalue weighted by Gasteiger charge is 2.09. The summed E-state index contributed by atoms with van der Waals surface area (Å²) in [5.41, 5.74) is 0. The highest BCUT2D eigenvalue weighted by molar-refractivity contribution is 8.09. The van der Waals surface area contributed by atoms with Crippen LogP contribution in [-0.4, -0.2) is 23.4 Å². The Balaban J connectivity index is 3.50. The topological polar surface area (TPSA) is 9.23 Å². The molecular weight excluding hydrogens is 244 g/mol. The Morgan fingerprint density at radius 2 is 2.00 bits per heavy atom. The van der Waals surface area contributed by atoms with Gasteiger partial charge in [0, 0.05) is 5.08 Å². The van der Waals surface area contributed by atoms with Gasteiger partial charge in [0.2, 0.25) is 0 Å². The zero-order chi connectivity index (χ0) is 11.5. The van der Waals surface area contributed by atoms with Gasteiger partial charge in [-0.05, 0) is 30.4 Å². The lowest BCUT2D eigenvalue weighted by atomic mass is 9.96. The van der Waals surface area contributed by atoms with Crippen molar-refractivity contribution in [3.63, 3.8) is 0 Å². The second-order valence-electron chi connectivity index (χ2n) is 3.96. The van der Waals surface area contributed by atoms with Crippen LogP contribution in [0.5, 0.6) is 0 Å². The van der Waals surface area contributed by atoms with Gasteiger partial charge in [-0.2, -0.15) is 37.0 Å². The molecule has 4 heteroatoms. The molecule has 0 spiro atoms. The number of rotatable bonds is 10. The van der Waals surface area contributed by atoms with Crippen molar-refractivity contribution in [1.29, 1.82) is 0 Å². The first kappa shape index (κ1) is 16.0. The summed E-state index contributed by atoms with van der Waals surface area (Å²) in [7, 11) is 0. The molecule has 15 heavy (non-hydrogen) atoms. The van der Waals surface area contributed by atoms with Gasteiger partial charge < -0.3 is 4.74 Å². The van der Waals surface area contributed by atoms with Crippen LogP contribution in [0.15, 0.2) is 0 Å². The summed E-state index contributed by atoms with van der Waals surface area (Å²) in [6.45, 7) is 5.43. The Kier molecular flexibility index (Phi) is 12.3. The van der Waals surface area contributed by atoms with Gasteiger partial charge in [-0.15, -0.1) is 0 Å². The molecule has 0 amide bonds. The molecule has 0 aromatic carbocycles. The lowest BCUT2D eigenvalue weighted by Crippen LogP contribution is -2.10. The third-order valence-corrected chi connectivity index (χ3v) is 4.30. The lowest BCUT2D eigenvalue weighted by molar-refractivity contribution is 0.131. The Bertz CT molecular complexity index is 133. The molecule has 0 saturated heterocycles. The molecule has 0 saturated carbocycles. The van der Waals surface area contributed by atoms with Gasteiger partial charge in [0.15, 0.2) is 0 Å². The van der Waals surface area contributed by atoms with E-state index in [2.05, 4.69) is 39.1 Å². The molecule has 0 heterocycles. The summed E-state index contributed by atoms with van der Waals surface area (Å²) < 4.78 is 5.35. The number of ether oxygens (including phenoxy) is 1. The Labute approximate surface area is 110 Å². The van der Waals surface area contributed by atoms with Gasteiger partial charge in [-0.1, -0.05) is 20.3 Å². The predicted molar refractivity (Wildman–Crippen MR) is 78.3 cm³/mol. The van der Waals surface area contributed by atoms with Crippen LogP contribution in [0, 0.1) is 11.8 Å². The summed E-state index contributed by atoms with van der Waals surface area (Å²) in [5, 5.41) is 0.935. The average Bonchev–Trinajstić information content (AvgIpc) is 2.26. The summed E-state index contributed by atoms with van der Waals surface area (Å²) >= 11 is 10.2. The van der Waals surface area contributed by atoms with E-state index in [1.165, 1.54) is 25.0 Å². The average molecular weight is 269 g/mol. The van der Waals surface area contributed by atoms with Crippen molar-refractivity contribution in [2.75, 3.05) is 23.4 Å². The van der Waals surface area contributed by atoms with E-state index in [9.17, 15) is 0 Å². The van der Waals surface area contributed by atoms with E-state index >= 15 is 0 Å². The quantitative estimate of drug-likeness (QED) is 0.458. The molecule has 0 aromatic heterocycles. The van der Waals surface area contributed by atoms with E-state index in [-0.39, 0.29) is 0 Å². The molecule has 2 unspecified atom stereocenters. The van der Waals surface area contributed by atoms with Crippen LogP contribution < -0.4 is 0 Å². The predicted octanol–water partition coefficient (Wildman–Crippen LogP) is 3.95. The first-order valence-electron chi connectivity index (χ1n) is 5.61. The van der Waals surface area contributed by atoms with E-state index in [1.807, 2.05) is 11.8 Å². The molecule has 0 aliphatic carbocycles. The molecule has 92 valence electrons. The minimum Gasteiger partial charge on any atom is -0.371 e. The molecule has 0 N–H and O–H groups in total. The maximum Gasteiger partial charge on any atom is 0.0892 e. The van der Waals surface area contributed by atoms with Gasteiger partial charge in [0.25, 0.3) is 0 Å². The van der Waals surface area contributed by atoms with Crippen molar-refractivity contribution in [3.8, 4) is 0 Å². The van der Waals surface area contributed by atoms with Gasteiger partial charge in [-0.3, -0.25) is 0 Å². The zero-order valence-electron chi connectivity index (χ0n) is 9.82. The van der Waals surface area contributed by atoms with E-state index in [4.69, 9.17) is 4.74 Å². The van der Waals surface area contributed by atoms with Crippen LogP contribution in [0.3, 0.4) is 0 Å². The van der Waals surface area contributed by atoms with Gasteiger partial charge in [0.05, 0.1) is 12.5 Å². The van der Waals surface area contributed by atoms with Crippen molar-refractivity contribution in [2.45, 2.75) is 33.1 Å². The van der Waals surface area contributed by atoms with Crippen LogP contribution >= 0.6 is 37.0 Å². The van der Waals surface area contributed by atoms with E-state index in [0.717, 1.165) is 17.6 Å². The Morgan fingerprint density at radius 3 is 2.53 bits per heavy atom. The van der Waals surface area contributed by atoms with Crippen LogP contribution in [0.2, 0.25) is 0 Å². The molecule has 0 aliphatic heterocycles. The highest BCUT2D eigenvalue weighted by Crippen LogP contribution is 2.19. The molecule has 0 aromatic rings. The third-order valence-electron chi connectivity index (χ3n) is 2.58. The van der Waals surface area contributed by atoms with E-state index < -0.39 is 0 Å². The molecule has 0 fully saturated rings. The second kappa shape index (κ2) is 11.5. The van der Waals surface area contributed by atoms with Crippen LogP contribution in [0.4, 0.5) is 0 Å². The fourth-order valence-corrected chi connectivity index (χ4v) is 2.58. The maximum atomic E-state index is 5.35. The van der Waals surface area contributed by atoms with E-state index in [1.54, 1.807) is 0 Å². The van der Waals surface area contributed by atoms with Crippen molar-refractivity contribution >= 4 is 37.0 Å². The van der Waals surface area contributed by atoms with Crippen LogP contribution in [-0.2, 0) is 4.74 Å². The minimum atomic E-state index is 0.543. The molecule has 0 aliphatic rings. The van der Waals surface area contributed by atoms with Gasteiger partial charge in [-0.25, -0.2) is 0 Å². The van der Waals surface area contributed by atoms with Crippen LogP contribution in [0.1, 0.15) is 33.1 Å². The summed E-state index contributed by atoms with van der Waals surface area (Å²) in [6, 6.07) is 0. The van der Waals surface area contributed by atoms with Gasteiger partial charge >= 0.3 is 0 Å². The second-order valence-corrected chi connectivity index (χ2v) is 5.99. The van der Waals surface area contributed by atoms with Crippen molar-refractivity contribution in [2.24, 2.45) is 11.8 Å². The fraction of sp³-hybridized carbons (Fsp3) is 1.00. The molecule has 0 bridgehead atoms. The summed E-state index contributed by atoms with van der Waals surface area (Å²) in [5.74, 6) is 3.28. The number of hydrogen-bond donors (Lipinski definition) is 2. The smallest absolute Gasteiger partial charge is 0.0892 e. The van der Waals surface area contributed by atoms with Crippen LogP contribution in [0.25, 0.3) is 0 Å². The lowest BCUT2D eigenvalue weighted by Gasteiger charge is -2.17. The first-order chi connectivity index (χ1) is 7.24. The summed E-state index contributed by atoms with van der Waals surface area (Å²) in [4.78, 5) is 0. The standard InChI is InChI=1S/C11H24OS3/c1-3-11(6-12-8-13)5-4-10(2)7-15-9-14/h10-11,13-14H,3-9H2,1-2H3. The van der Waals surface area contributed by atoms with E-state index in [0.29, 0.717) is 11.9 Å². The largest absolute Gasteiger partial charge is 0.371 e. The number of thiol groups is 2. The van der Waals surface area contributed by atoms with Crippen molar-refractivity contribution in [1.82, 2.24) is 0 Å². The third kappa shape index (κ3) is 9.91.